The number of piperidine rings is 1. The Morgan fingerprint density at radius 3 is 2.90 bits per heavy atom. The van der Waals surface area contributed by atoms with E-state index < -0.39 is 6.17 Å². The molecule has 4 heterocycles. The lowest BCUT2D eigenvalue weighted by molar-refractivity contribution is 0.176. The zero-order valence-corrected chi connectivity index (χ0v) is 17.4. The second kappa shape index (κ2) is 7.56. The van der Waals surface area contributed by atoms with E-state index in [1.54, 1.807) is 11.9 Å². The van der Waals surface area contributed by atoms with Gasteiger partial charge in [-0.05, 0) is 37.8 Å². The van der Waals surface area contributed by atoms with Gasteiger partial charge in [0.05, 0.1) is 29.5 Å². The average Bonchev–Trinajstić information content (AvgIpc) is 3.20. The molecule has 0 aliphatic carbocycles. The molecule has 2 fully saturated rings. The molecule has 2 N–H and O–H groups in total. The van der Waals surface area contributed by atoms with Crippen molar-refractivity contribution in [3.05, 3.63) is 40.4 Å². The van der Waals surface area contributed by atoms with E-state index in [0.29, 0.717) is 46.8 Å². The van der Waals surface area contributed by atoms with Crippen molar-refractivity contribution in [1.29, 1.82) is 0 Å². The van der Waals surface area contributed by atoms with Gasteiger partial charge >= 0.3 is 0 Å². The largest absolute Gasteiger partial charge is 0.507 e. The summed E-state index contributed by atoms with van der Waals surface area (Å²) in [6, 6.07) is 2.86. The van der Waals surface area contributed by atoms with Crippen LogP contribution in [0.2, 0.25) is 0 Å². The highest BCUT2D eigenvalue weighted by atomic mass is 19.1. The van der Waals surface area contributed by atoms with Crippen molar-refractivity contribution in [2.75, 3.05) is 11.9 Å². The molecule has 2 aliphatic rings. The van der Waals surface area contributed by atoms with E-state index in [4.69, 9.17) is 4.42 Å². The van der Waals surface area contributed by atoms with Crippen molar-refractivity contribution in [3.8, 4) is 17.1 Å². The van der Waals surface area contributed by atoms with Gasteiger partial charge < -0.3 is 19.7 Å². The lowest BCUT2D eigenvalue weighted by Gasteiger charge is -2.38. The molecule has 162 valence electrons. The Bertz CT molecular complexity index is 1180. The van der Waals surface area contributed by atoms with Gasteiger partial charge in [-0.1, -0.05) is 6.92 Å². The number of fused-ring (bicyclic) bond motifs is 3. The molecule has 4 atom stereocenters. The first-order chi connectivity index (χ1) is 15.0. The van der Waals surface area contributed by atoms with Crippen molar-refractivity contribution >= 4 is 16.8 Å². The molecule has 3 aromatic rings. The maximum absolute atomic E-state index is 14.9. The Hall–Kier alpha value is -3.07. The van der Waals surface area contributed by atoms with Gasteiger partial charge in [-0.25, -0.2) is 9.37 Å². The molecule has 2 aromatic heterocycles. The zero-order chi connectivity index (χ0) is 21.7. The highest BCUT2D eigenvalue weighted by Crippen LogP contribution is 2.34. The van der Waals surface area contributed by atoms with Gasteiger partial charge in [-0.2, -0.15) is 0 Å². The maximum Gasteiger partial charge on any atom is 0.195 e. The molecular formula is C22H24FN5O3. The van der Waals surface area contributed by atoms with E-state index in [1.165, 1.54) is 24.6 Å². The zero-order valence-electron chi connectivity index (χ0n) is 17.4. The van der Waals surface area contributed by atoms with Gasteiger partial charge in [0.2, 0.25) is 0 Å². The van der Waals surface area contributed by atoms with Gasteiger partial charge in [0.1, 0.15) is 17.5 Å². The summed E-state index contributed by atoms with van der Waals surface area (Å²) in [7, 11) is 1.81. The van der Waals surface area contributed by atoms with Gasteiger partial charge in [0.15, 0.2) is 17.1 Å². The average molecular weight is 425 g/mol. The first-order valence-corrected chi connectivity index (χ1v) is 10.6. The van der Waals surface area contributed by atoms with Crippen LogP contribution >= 0.6 is 0 Å². The summed E-state index contributed by atoms with van der Waals surface area (Å²) < 4.78 is 20.4. The number of hydrogen-bond donors (Lipinski definition) is 2. The number of rotatable bonds is 4. The van der Waals surface area contributed by atoms with E-state index in [9.17, 15) is 14.3 Å². The fourth-order valence-electron chi connectivity index (χ4n) is 4.70. The quantitative estimate of drug-likeness (QED) is 0.657. The van der Waals surface area contributed by atoms with Crippen LogP contribution in [0.15, 0.2) is 33.8 Å². The summed E-state index contributed by atoms with van der Waals surface area (Å²) in [6.07, 6.45) is 5.08. The number of halogens is 1. The van der Waals surface area contributed by atoms with Crippen LogP contribution in [0, 0.1) is 0 Å². The predicted molar refractivity (Wildman–Crippen MR) is 114 cm³/mol. The van der Waals surface area contributed by atoms with Crippen molar-refractivity contribution in [2.45, 2.75) is 56.9 Å². The molecule has 1 aromatic carbocycles. The van der Waals surface area contributed by atoms with Crippen LogP contribution in [0.1, 0.15) is 31.7 Å². The van der Waals surface area contributed by atoms with E-state index in [0.717, 1.165) is 12.8 Å². The Morgan fingerprint density at radius 2 is 2.16 bits per heavy atom. The molecule has 31 heavy (non-hydrogen) atoms. The van der Waals surface area contributed by atoms with Crippen molar-refractivity contribution < 1.29 is 13.9 Å². The number of aryl methyl sites for hydroxylation is 1. The Balaban J connectivity index is 1.44. The van der Waals surface area contributed by atoms with Crippen LogP contribution in [0.4, 0.5) is 10.2 Å². The molecule has 0 radical (unpaired) electrons. The summed E-state index contributed by atoms with van der Waals surface area (Å²) in [5.74, 6) is 0.535. The molecule has 2 saturated heterocycles. The molecule has 2 aliphatic heterocycles. The minimum atomic E-state index is -0.981. The highest BCUT2D eigenvalue weighted by molar-refractivity contribution is 5.85. The second-order valence-corrected chi connectivity index (χ2v) is 8.35. The summed E-state index contributed by atoms with van der Waals surface area (Å²) in [5, 5.41) is 22.5. The third kappa shape index (κ3) is 3.33. The first-order valence-electron chi connectivity index (χ1n) is 10.6. The van der Waals surface area contributed by atoms with Crippen LogP contribution in [-0.4, -0.2) is 51.6 Å². The fourth-order valence-corrected chi connectivity index (χ4v) is 4.70. The van der Waals surface area contributed by atoms with Gasteiger partial charge in [0, 0.05) is 24.7 Å². The fraction of sp³-hybridized carbons (Fsp3) is 0.455. The van der Waals surface area contributed by atoms with Crippen molar-refractivity contribution in [2.24, 2.45) is 0 Å². The van der Waals surface area contributed by atoms with E-state index in [-0.39, 0.29) is 29.1 Å². The maximum atomic E-state index is 14.9. The van der Waals surface area contributed by atoms with Crippen LogP contribution in [0.25, 0.3) is 22.4 Å². The lowest BCUT2D eigenvalue weighted by atomic mass is 9.96. The lowest BCUT2D eigenvalue weighted by Crippen LogP contribution is -2.55. The third-order valence-electron chi connectivity index (χ3n) is 6.55. The topological polar surface area (TPSA) is 104 Å². The monoisotopic (exact) mass is 425 g/mol. The number of hydrogen-bond acceptors (Lipinski definition) is 8. The van der Waals surface area contributed by atoms with Crippen LogP contribution in [-0.2, 0) is 6.42 Å². The Labute approximate surface area is 178 Å². The summed E-state index contributed by atoms with van der Waals surface area (Å²) in [6.45, 7) is 1.87. The molecule has 0 saturated carbocycles. The number of nitrogens with zero attached hydrogens (tertiary/aromatic N) is 4. The SMILES string of the molecule is CCc1coc2cc(-c3ncc(N(C)[C@@H]4C[C@H]5CCC(N5)[C@@H]4F)nn3)c(O)cc2c1=O. The second-order valence-electron chi connectivity index (χ2n) is 8.35. The number of benzene rings is 1. The summed E-state index contributed by atoms with van der Waals surface area (Å²) in [5.41, 5.74) is 1.02. The molecule has 9 heteroatoms. The molecular weight excluding hydrogens is 401 g/mol. The molecule has 5 rings (SSSR count). The van der Waals surface area contributed by atoms with Crippen molar-refractivity contribution in [3.63, 3.8) is 0 Å². The third-order valence-corrected chi connectivity index (χ3v) is 6.55. The highest BCUT2D eigenvalue weighted by Gasteiger charge is 2.43. The smallest absolute Gasteiger partial charge is 0.195 e. The minimum Gasteiger partial charge on any atom is -0.507 e. The van der Waals surface area contributed by atoms with Gasteiger partial charge in [-0.3, -0.25) is 4.79 Å². The van der Waals surface area contributed by atoms with Crippen LogP contribution < -0.4 is 15.6 Å². The number of alkyl halides is 1. The summed E-state index contributed by atoms with van der Waals surface area (Å²) in [4.78, 5) is 18.6. The van der Waals surface area contributed by atoms with Gasteiger partial charge in [0.25, 0.3) is 0 Å². The van der Waals surface area contributed by atoms with E-state index in [2.05, 4.69) is 20.5 Å². The predicted octanol–water partition coefficient (Wildman–Crippen LogP) is 2.58. The molecule has 2 bridgehead atoms. The number of nitrogens with one attached hydrogen (secondary N) is 1. The molecule has 1 unspecified atom stereocenters. The molecule has 8 nitrogen and oxygen atoms in total. The number of phenols is 1. The summed E-state index contributed by atoms with van der Waals surface area (Å²) >= 11 is 0. The first kappa shape index (κ1) is 19.9. The number of aromatic nitrogens is 3. The number of aromatic hydroxyl groups is 1. The molecule has 0 spiro atoms. The van der Waals surface area contributed by atoms with E-state index in [1.807, 2.05) is 6.92 Å². The normalized spacial score (nSPS) is 25.1. The van der Waals surface area contributed by atoms with E-state index >= 15 is 0 Å². The van der Waals surface area contributed by atoms with Crippen LogP contribution in [0.5, 0.6) is 5.75 Å². The van der Waals surface area contributed by atoms with Gasteiger partial charge in [-0.15, -0.1) is 10.2 Å². The van der Waals surface area contributed by atoms with Crippen molar-refractivity contribution in [1.82, 2.24) is 20.5 Å². The Morgan fingerprint density at radius 1 is 1.32 bits per heavy atom. The number of anilines is 1. The molecule has 0 amide bonds. The standard InChI is InChI=1S/C22H24FN5O3/c1-3-11-10-31-18-8-13(17(29)7-14(18)21(11)30)22-24-9-19(26-27-22)28(2)16-6-12-4-5-15(25-12)20(16)23/h7-10,12,15-16,20,25,29H,3-6H2,1-2H3/t12-,15?,16-,20+/m1/s1. The van der Waals surface area contributed by atoms with Crippen LogP contribution in [0.3, 0.4) is 0 Å². The minimum absolute atomic E-state index is 0.108. The number of phenolic OH excluding ortho intramolecular Hbond substituents is 1. The Kier molecular flexibility index (Phi) is 4.85.